The summed E-state index contributed by atoms with van der Waals surface area (Å²) in [6.45, 7) is 6.53. The molecule has 1 atom stereocenters. The predicted octanol–water partition coefficient (Wildman–Crippen LogP) is 24.7. The number of rotatable bonds is 66. The lowest BCUT2D eigenvalue weighted by Gasteiger charge is -2.18. The molecule has 6 nitrogen and oxygen atoms in total. The van der Waals surface area contributed by atoms with Crippen LogP contribution in [0, 0.1) is 0 Å². The monoisotopic (exact) mass is 1130 g/mol. The van der Waals surface area contributed by atoms with Crippen LogP contribution in [0.3, 0.4) is 0 Å². The van der Waals surface area contributed by atoms with E-state index in [1.54, 1.807) is 0 Å². The van der Waals surface area contributed by atoms with Crippen LogP contribution in [0.5, 0.6) is 0 Å². The fraction of sp³-hybridized carbons (Fsp3) is 0.827. The second-order valence-corrected chi connectivity index (χ2v) is 24.1. The first-order valence-electron chi connectivity index (χ1n) is 35.8. The molecule has 0 fully saturated rings. The molecule has 0 amide bonds. The highest BCUT2D eigenvalue weighted by Gasteiger charge is 2.19. The van der Waals surface area contributed by atoms with Gasteiger partial charge in [-0.15, -0.1) is 0 Å². The number of carbonyl (C=O) groups is 3. The van der Waals surface area contributed by atoms with Gasteiger partial charge in [-0.1, -0.05) is 338 Å². The van der Waals surface area contributed by atoms with Crippen LogP contribution in [0.25, 0.3) is 0 Å². The Morgan fingerprint density at radius 2 is 0.481 bits per heavy atom. The molecule has 0 radical (unpaired) electrons. The highest BCUT2D eigenvalue weighted by molar-refractivity contribution is 5.71. The molecular weight excluding hydrogens is 997 g/mol. The first kappa shape index (κ1) is 78.1. The van der Waals surface area contributed by atoms with Crippen LogP contribution in [0.15, 0.2) is 60.8 Å². The largest absolute Gasteiger partial charge is 0.462 e. The van der Waals surface area contributed by atoms with Gasteiger partial charge in [0.1, 0.15) is 13.2 Å². The summed E-state index contributed by atoms with van der Waals surface area (Å²) in [4.78, 5) is 38.3. The van der Waals surface area contributed by atoms with Gasteiger partial charge in [0.25, 0.3) is 0 Å². The number of allylic oxidation sites excluding steroid dienone is 10. The first-order valence-corrected chi connectivity index (χ1v) is 35.8. The van der Waals surface area contributed by atoms with E-state index in [-0.39, 0.29) is 37.5 Å². The zero-order valence-electron chi connectivity index (χ0n) is 54.3. The van der Waals surface area contributed by atoms with Crippen LogP contribution in [-0.2, 0) is 28.6 Å². The maximum absolute atomic E-state index is 12.9. The van der Waals surface area contributed by atoms with Crippen LogP contribution >= 0.6 is 0 Å². The number of hydrogen-bond acceptors (Lipinski definition) is 6. The van der Waals surface area contributed by atoms with E-state index in [1.807, 2.05) is 0 Å². The molecule has 0 spiro atoms. The lowest BCUT2D eigenvalue weighted by Crippen LogP contribution is -2.30. The number of hydrogen-bond donors (Lipinski definition) is 0. The van der Waals surface area contributed by atoms with Gasteiger partial charge in [-0.25, -0.2) is 0 Å². The fourth-order valence-electron chi connectivity index (χ4n) is 10.7. The summed E-state index contributed by atoms with van der Waals surface area (Å²) in [6.07, 6.45) is 90.0. The molecule has 0 aliphatic rings. The molecule has 0 aromatic rings. The van der Waals surface area contributed by atoms with E-state index < -0.39 is 6.10 Å². The van der Waals surface area contributed by atoms with Crippen LogP contribution in [0.4, 0.5) is 0 Å². The van der Waals surface area contributed by atoms with Crippen molar-refractivity contribution in [2.75, 3.05) is 13.2 Å². The van der Waals surface area contributed by atoms with Crippen molar-refractivity contribution in [3.05, 3.63) is 60.8 Å². The van der Waals surface area contributed by atoms with Crippen molar-refractivity contribution < 1.29 is 28.6 Å². The van der Waals surface area contributed by atoms with Gasteiger partial charge in [0.2, 0.25) is 0 Å². The molecule has 0 saturated heterocycles. The SMILES string of the molecule is CC/C=C\C/C=C\C/C=C\C/C=C\CCCCC(=O)OC(COC(=O)CCCCCCC/C=C\CCCCCCC)COC(=O)CCCCCCCCCCCCCCCCCCCCCCCCCCCCCCCCCCCC. The van der Waals surface area contributed by atoms with Crippen molar-refractivity contribution in [2.24, 2.45) is 0 Å². The standard InChI is InChI=1S/C75H136O6/c1-4-7-10-13-16-19-22-25-28-29-30-31-32-33-34-35-36-37-38-39-40-41-42-43-44-45-46-48-50-53-56-59-62-65-68-74(77)80-71-72(70-79-73(76)67-64-61-58-55-52-49-27-24-21-18-15-12-9-6-3)81-75(78)69-66-63-60-57-54-51-47-26-23-20-17-14-11-8-5-2/h8,11,17,20,24,26-27,47,54,57,72H,4-7,9-10,12-16,18-19,21-23,25,28-46,48-53,55-56,58-71H2,1-3H3/b11-8-,20-17-,27-24-,47-26-,57-54-. The summed E-state index contributed by atoms with van der Waals surface area (Å²) in [6, 6.07) is 0. The normalized spacial score (nSPS) is 12.4. The average molecular weight is 1130 g/mol. The number of ether oxygens (including phenoxy) is 3. The maximum atomic E-state index is 12.9. The van der Waals surface area contributed by atoms with Crippen molar-refractivity contribution in [1.29, 1.82) is 0 Å². The van der Waals surface area contributed by atoms with Gasteiger partial charge in [-0.3, -0.25) is 14.4 Å². The highest BCUT2D eigenvalue weighted by Crippen LogP contribution is 2.19. The summed E-state index contributed by atoms with van der Waals surface area (Å²) >= 11 is 0. The molecule has 1 unspecified atom stereocenters. The smallest absolute Gasteiger partial charge is 0.306 e. The molecule has 81 heavy (non-hydrogen) atoms. The number of unbranched alkanes of at least 4 members (excludes halogenated alkanes) is 45. The summed E-state index contributed by atoms with van der Waals surface area (Å²) in [7, 11) is 0. The van der Waals surface area contributed by atoms with Crippen molar-refractivity contribution in [3.63, 3.8) is 0 Å². The molecule has 0 N–H and O–H groups in total. The minimum Gasteiger partial charge on any atom is -0.462 e. The minimum atomic E-state index is -0.799. The quantitative estimate of drug-likeness (QED) is 0.0261. The van der Waals surface area contributed by atoms with E-state index in [0.717, 1.165) is 83.5 Å². The second-order valence-electron chi connectivity index (χ2n) is 24.1. The molecule has 6 heteroatoms. The van der Waals surface area contributed by atoms with E-state index in [2.05, 4.69) is 81.5 Å². The van der Waals surface area contributed by atoms with Gasteiger partial charge < -0.3 is 14.2 Å². The molecule has 0 heterocycles. The Hall–Kier alpha value is -2.89. The van der Waals surface area contributed by atoms with Crippen molar-refractivity contribution in [1.82, 2.24) is 0 Å². The Balaban J connectivity index is 4.10. The Kier molecular flexibility index (Phi) is 67.1. The molecular formula is C75H136O6. The Morgan fingerprint density at radius 1 is 0.259 bits per heavy atom. The Bertz CT molecular complexity index is 1440. The summed E-state index contributed by atoms with van der Waals surface area (Å²) < 4.78 is 16.9. The lowest BCUT2D eigenvalue weighted by molar-refractivity contribution is -0.167. The zero-order valence-corrected chi connectivity index (χ0v) is 54.3. The van der Waals surface area contributed by atoms with Gasteiger partial charge in [0, 0.05) is 19.3 Å². The van der Waals surface area contributed by atoms with E-state index in [4.69, 9.17) is 14.2 Å². The van der Waals surface area contributed by atoms with Gasteiger partial charge >= 0.3 is 17.9 Å². The fourth-order valence-corrected chi connectivity index (χ4v) is 10.7. The van der Waals surface area contributed by atoms with Gasteiger partial charge in [-0.05, 0) is 83.5 Å². The molecule has 0 bridgehead atoms. The minimum absolute atomic E-state index is 0.0905. The molecule has 0 aliphatic carbocycles. The third-order valence-corrected chi connectivity index (χ3v) is 16.0. The summed E-state index contributed by atoms with van der Waals surface area (Å²) in [5, 5.41) is 0. The highest BCUT2D eigenvalue weighted by atomic mass is 16.6. The summed E-state index contributed by atoms with van der Waals surface area (Å²) in [5.41, 5.74) is 0. The van der Waals surface area contributed by atoms with E-state index in [9.17, 15) is 14.4 Å². The predicted molar refractivity (Wildman–Crippen MR) is 353 cm³/mol. The van der Waals surface area contributed by atoms with Gasteiger partial charge in [0.15, 0.2) is 6.10 Å². The van der Waals surface area contributed by atoms with Crippen LogP contribution in [0.1, 0.15) is 380 Å². The van der Waals surface area contributed by atoms with Gasteiger partial charge in [-0.2, -0.15) is 0 Å². The third-order valence-electron chi connectivity index (χ3n) is 16.0. The molecule has 0 rings (SSSR count). The number of carbonyl (C=O) groups excluding carboxylic acids is 3. The lowest BCUT2D eigenvalue weighted by atomic mass is 10.0. The van der Waals surface area contributed by atoms with E-state index in [0.29, 0.717) is 19.3 Å². The maximum Gasteiger partial charge on any atom is 0.306 e. The topological polar surface area (TPSA) is 78.9 Å². The third kappa shape index (κ3) is 67.8. The van der Waals surface area contributed by atoms with Crippen molar-refractivity contribution in [2.45, 2.75) is 386 Å². The van der Waals surface area contributed by atoms with Gasteiger partial charge in [0.05, 0.1) is 0 Å². The first-order chi connectivity index (χ1) is 40.0. The second kappa shape index (κ2) is 69.6. The zero-order chi connectivity index (χ0) is 58.5. The molecule has 0 aromatic heterocycles. The summed E-state index contributed by atoms with van der Waals surface area (Å²) in [5.74, 6) is -0.923. The van der Waals surface area contributed by atoms with Crippen LogP contribution < -0.4 is 0 Å². The number of esters is 3. The van der Waals surface area contributed by atoms with E-state index in [1.165, 1.54) is 250 Å². The van der Waals surface area contributed by atoms with Crippen LogP contribution in [-0.4, -0.2) is 37.2 Å². The molecule has 0 aromatic carbocycles. The van der Waals surface area contributed by atoms with Crippen LogP contribution in [0.2, 0.25) is 0 Å². The molecule has 472 valence electrons. The van der Waals surface area contributed by atoms with Crippen molar-refractivity contribution >= 4 is 17.9 Å². The Morgan fingerprint density at radius 3 is 0.790 bits per heavy atom. The molecule has 0 aliphatic heterocycles. The van der Waals surface area contributed by atoms with Crippen molar-refractivity contribution in [3.8, 4) is 0 Å². The van der Waals surface area contributed by atoms with E-state index >= 15 is 0 Å². The molecule has 0 saturated carbocycles. The Labute approximate surface area is 504 Å². The average Bonchev–Trinajstić information content (AvgIpc) is 3.47.